The van der Waals surface area contributed by atoms with Crippen LogP contribution in [0.4, 0.5) is 24.0 Å². The van der Waals surface area contributed by atoms with Gasteiger partial charge in [-0.3, -0.25) is 0 Å². The lowest BCUT2D eigenvalue weighted by Gasteiger charge is -2.19. The molecule has 2 aromatic rings. The Morgan fingerprint density at radius 2 is 1.95 bits per heavy atom. The first-order chi connectivity index (χ1) is 9.52. The van der Waals surface area contributed by atoms with Crippen molar-refractivity contribution >= 4 is 22.4 Å². The van der Waals surface area contributed by atoms with Crippen molar-refractivity contribution < 1.29 is 13.2 Å². The highest BCUT2D eigenvalue weighted by Gasteiger charge is 2.36. The number of rotatable bonds is 4. The Morgan fingerprint density at radius 1 is 1.25 bits per heavy atom. The molecule has 0 spiro atoms. The molecule has 4 nitrogen and oxygen atoms in total. The number of aromatic nitrogens is 2. The first-order valence-electron chi connectivity index (χ1n) is 5.63. The van der Waals surface area contributed by atoms with E-state index >= 15 is 0 Å². The summed E-state index contributed by atoms with van der Waals surface area (Å²) in [5.41, 5.74) is 0.674. The van der Waals surface area contributed by atoms with Gasteiger partial charge in [0.15, 0.2) is 0 Å². The molecule has 0 bridgehead atoms. The molecule has 0 unspecified atom stereocenters. The highest BCUT2D eigenvalue weighted by Crippen LogP contribution is 2.33. The van der Waals surface area contributed by atoms with Crippen LogP contribution in [-0.2, 0) is 6.18 Å². The fraction of sp³-hybridized carbons (Fsp3) is 0.250. The Bertz CT molecular complexity index is 603. The van der Waals surface area contributed by atoms with Crippen molar-refractivity contribution in [2.45, 2.75) is 12.6 Å². The van der Waals surface area contributed by atoms with Crippen molar-refractivity contribution in [3.63, 3.8) is 0 Å². The van der Waals surface area contributed by atoms with Crippen LogP contribution in [0.5, 0.6) is 0 Å². The standard InChI is InChI=1S/C12H9F3N4S/c13-12(14,15)10-17-11(20-18-10)19(8-4-7-16)9-5-2-1-3-6-9/h1-3,5-6H,4,8H2. The molecule has 0 saturated heterocycles. The number of nitriles is 1. The van der Waals surface area contributed by atoms with Gasteiger partial charge in [-0.15, -0.1) is 0 Å². The van der Waals surface area contributed by atoms with E-state index in [4.69, 9.17) is 5.26 Å². The summed E-state index contributed by atoms with van der Waals surface area (Å²) >= 11 is 0.665. The number of benzene rings is 1. The highest BCUT2D eigenvalue weighted by molar-refractivity contribution is 7.09. The first kappa shape index (κ1) is 14.3. The van der Waals surface area contributed by atoms with Crippen molar-refractivity contribution in [1.29, 1.82) is 5.26 Å². The van der Waals surface area contributed by atoms with Gasteiger partial charge >= 0.3 is 6.18 Å². The maximum Gasteiger partial charge on any atom is 0.452 e. The van der Waals surface area contributed by atoms with Crippen LogP contribution in [0.15, 0.2) is 30.3 Å². The number of nitrogens with zero attached hydrogens (tertiary/aromatic N) is 4. The summed E-state index contributed by atoms with van der Waals surface area (Å²) in [7, 11) is 0. The largest absolute Gasteiger partial charge is 0.452 e. The maximum absolute atomic E-state index is 12.5. The molecule has 104 valence electrons. The number of anilines is 2. The minimum absolute atomic E-state index is 0.124. The zero-order chi connectivity index (χ0) is 14.6. The summed E-state index contributed by atoms with van der Waals surface area (Å²) in [6, 6.07) is 10.8. The average molecular weight is 298 g/mol. The second-order valence-corrected chi connectivity index (χ2v) is 4.52. The van der Waals surface area contributed by atoms with E-state index in [9.17, 15) is 13.2 Å². The Kier molecular flexibility index (Phi) is 4.20. The van der Waals surface area contributed by atoms with E-state index in [0.29, 0.717) is 17.2 Å². The van der Waals surface area contributed by atoms with Crippen LogP contribution >= 0.6 is 11.5 Å². The Balaban J connectivity index is 2.32. The summed E-state index contributed by atoms with van der Waals surface area (Å²) in [6.07, 6.45) is -4.39. The lowest BCUT2D eigenvalue weighted by Crippen LogP contribution is -2.18. The third-order valence-corrected chi connectivity index (χ3v) is 3.15. The third kappa shape index (κ3) is 3.24. The molecule has 20 heavy (non-hydrogen) atoms. The Hall–Kier alpha value is -2.14. The van der Waals surface area contributed by atoms with E-state index in [1.807, 2.05) is 6.07 Å². The molecular weight excluding hydrogens is 289 g/mol. The molecule has 0 aliphatic carbocycles. The van der Waals surface area contributed by atoms with E-state index in [2.05, 4.69) is 9.36 Å². The Morgan fingerprint density at radius 3 is 2.50 bits per heavy atom. The van der Waals surface area contributed by atoms with Gasteiger partial charge < -0.3 is 4.90 Å². The molecular formula is C12H9F3N4S. The molecule has 0 aliphatic heterocycles. The quantitative estimate of drug-likeness (QED) is 0.865. The second-order valence-electron chi connectivity index (χ2n) is 3.79. The predicted molar refractivity (Wildman–Crippen MR) is 68.6 cm³/mol. The molecule has 1 aromatic carbocycles. The SMILES string of the molecule is N#CCCN(c1ccccc1)c1nc(C(F)(F)F)ns1. The summed E-state index contributed by atoms with van der Waals surface area (Å²) < 4.78 is 40.9. The number of alkyl halides is 3. The third-order valence-electron chi connectivity index (χ3n) is 2.41. The zero-order valence-electron chi connectivity index (χ0n) is 10.1. The van der Waals surface area contributed by atoms with Crippen molar-refractivity contribution in [1.82, 2.24) is 9.36 Å². The zero-order valence-corrected chi connectivity index (χ0v) is 10.9. The van der Waals surface area contributed by atoms with E-state index < -0.39 is 12.0 Å². The molecule has 0 fully saturated rings. The number of hydrogen-bond acceptors (Lipinski definition) is 5. The molecule has 0 amide bonds. The van der Waals surface area contributed by atoms with E-state index in [0.717, 1.165) is 0 Å². The highest BCUT2D eigenvalue weighted by atomic mass is 32.1. The predicted octanol–water partition coefficient (Wildman–Crippen LogP) is 3.61. The summed E-state index contributed by atoms with van der Waals surface area (Å²) in [5, 5.41) is 8.78. The van der Waals surface area contributed by atoms with Crippen molar-refractivity contribution in [2.24, 2.45) is 0 Å². The fourth-order valence-electron chi connectivity index (χ4n) is 1.55. The molecule has 1 aromatic heterocycles. The van der Waals surface area contributed by atoms with Gasteiger partial charge in [0, 0.05) is 23.8 Å². The van der Waals surface area contributed by atoms with Gasteiger partial charge in [0.1, 0.15) is 0 Å². The van der Waals surface area contributed by atoms with Crippen molar-refractivity contribution in [3.8, 4) is 6.07 Å². The maximum atomic E-state index is 12.5. The molecule has 0 radical (unpaired) electrons. The smallest absolute Gasteiger partial charge is 0.316 e. The molecule has 8 heteroatoms. The molecule has 0 saturated carbocycles. The lowest BCUT2D eigenvalue weighted by atomic mass is 10.3. The normalized spacial score (nSPS) is 11.1. The van der Waals surface area contributed by atoms with Gasteiger partial charge in [-0.05, 0) is 12.1 Å². The van der Waals surface area contributed by atoms with Crippen LogP contribution in [0.3, 0.4) is 0 Å². The van der Waals surface area contributed by atoms with E-state index in [1.54, 1.807) is 35.2 Å². The molecule has 0 atom stereocenters. The monoisotopic (exact) mass is 298 g/mol. The Labute approximate surface area is 117 Å². The van der Waals surface area contributed by atoms with Crippen molar-refractivity contribution in [2.75, 3.05) is 11.4 Å². The molecule has 0 N–H and O–H groups in total. The van der Waals surface area contributed by atoms with Crippen LogP contribution in [0.25, 0.3) is 0 Å². The van der Waals surface area contributed by atoms with Crippen LogP contribution in [-0.4, -0.2) is 15.9 Å². The van der Waals surface area contributed by atoms with E-state index in [1.165, 1.54) is 0 Å². The van der Waals surface area contributed by atoms with Gasteiger partial charge in [0.05, 0.1) is 12.5 Å². The van der Waals surface area contributed by atoms with Crippen LogP contribution in [0.1, 0.15) is 12.2 Å². The molecule has 1 heterocycles. The number of halogens is 3. The fourth-order valence-corrected chi connectivity index (χ4v) is 2.28. The van der Waals surface area contributed by atoms with Crippen LogP contribution < -0.4 is 4.90 Å². The summed E-state index contributed by atoms with van der Waals surface area (Å²) in [4.78, 5) is 5.06. The molecule has 2 rings (SSSR count). The minimum atomic E-state index is -4.56. The average Bonchev–Trinajstić information content (AvgIpc) is 2.90. The summed E-state index contributed by atoms with van der Waals surface area (Å²) in [6.45, 7) is 0.257. The number of para-hydroxylation sites is 1. The summed E-state index contributed by atoms with van der Waals surface area (Å²) in [5.74, 6) is -1.16. The van der Waals surface area contributed by atoms with Gasteiger partial charge in [0.25, 0.3) is 0 Å². The lowest BCUT2D eigenvalue weighted by molar-refractivity contribution is -0.144. The minimum Gasteiger partial charge on any atom is -0.316 e. The number of hydrogen-bond donors (Lipinski definition) is 0. The molecule has 0 aliphatic rings. The van der Waals surface area contributed by atoms with Crippen LogP contribution in [0, 0.1) is 11.3 Å². The van der Waals surface area contributed by atoms with Gasteiger partial charge in [-0.25, -0.2) is 0 Å². The van der Waals surface area contributed by atoms with Gasteiger partial charge in [-0.2, -0.15) is 27.8 Å². The van der Waals surface area contributed by atoms with Crippen LogP contribution in [0.2, 0.25) is 0 Å². The van der Waals surface area contributed by atoms with Gasteiger partial charge in [-0.1, -0.05) is 18.2 Å². The first-order valence-corrected chi connectivity index (χ1v) is 6.40. The van der Waals surface area contributed by atoms with E-state index in [-0.39, 0.29) is 18.1 Å². The second kappa shape index (κ2) is 5.88. The topological polar surface area (TPSA) is 52.8 Å². The van der Waals surface area contributed by atoms with Gasteiger partial charge in [0.2, 0.25) is 11.0 Å². The van der Waals surface area contributed by atoms with Crippen molar-refractivity contribution in [3.05, 3.63) is 36.2 Å².